The van der Waals surface area contributed by atoms with Gasteiger partial charge in [0.15, 0.2) is 5.96 Å². The number of nitrogens with one attached hydrogen (secondary N) is 2. The Bertz CT molecular complexity index is 819. The fourth-order valence-corrected chi connectivity index (χ4v) is 3.35. The summed E-state index contributed by atoms with van der Waals surface area (Å²) >= 11 is 0. The highest BCUT2D eigenvalue weighted by Crippen LogP contribution is 2.23. The number of pyridine rings is 1. The summed E-state index contributed by atoms with van der Waals surface area (Å²) in [5, 5.41) is 6.56. The molecule has 0 radical (unpaired) electrons. The van der Waals surface area contributed by atoms with Crippen molar-refractivity contribution in [3.8, 4) is 0 Å². The molecule has 2 aromatic heterocycles. The van der Waals surface area contributed by atoms with Crippen molar-refractivity contribution in [1.29, 1.82) is 0 Å². The molecule has 0 aromatic carbocycles. The normalized spacial score (nSPS) is 15.5. The van der Waals surface area contributed by atoms with Crippen LogP contribution in [0.3, 0.4) is 0 Å². The third kappa shape index (κ3) is 7.66. The number of guanidine groups is 1. The Kier molecular flexibility index (Phi) is 9.58. The van der Waals surface area contributed by atoms with E-state index in [-0.39, 0.29) is 29.4 Å². The summed E-state index contributed by atoms with van der Waals surface area (Å²) in [7, 11) is 0. The maximum atomic E-state index is 5.85. The first-order chi connectivity index (χ1) is 14.3. The zero-order valence-electron chi connectivity index (χ0n) is 19.4. The zero-order valence-corrected chi connectivity index (χ0v) is 21.8. The summed E-state index contributed by atoms with van der Waals surface area (Å²) in [6.07, 6.45) is 6.22. The van der Waals surface area contributed by atoms with Crippen LogP contribution in [0.25, 0.3) is 0 Å². The van der Waals surface area contributed by atoms with Gasteiger partial charge in [0.25, 0.3) is 0 Å². The molecule has 1 fully saturated rings. The highest BCUT2D eigenvalue weighted by molar-refractivity contribution is 14.0. The van der Waals surface area contributed by atoms with E-state index in [9.17, 15) is 0 Å². The summed E-state index contributed by atoms with van der Waals surface area (Å²) in [6.45, 7) is 14.8. The zero-order chi connectivity index (χ0) is 21.6. The Morgan fingerprint density at radius 2 is 1.90 bits per heavy atom. The smallest absolute Gasteiger partial charge is 0.213 e. The Morgan fingerprint density at radius 3 is 2.48 bits per heavy atom. The molecule has 0 atom stereocenters. The second-order valence-electron chi connectivity index (χ2n) is 9.11. The van der Waals surface area contributed by atoms with Crippen molar-refractivity contribution in [2.75, 3.05) is 24.5 Å². The highest BCUT2D eigenvalue weighted by Gasteiger charge is 2.19. The lowest BCUT2D eigenvalue weighted by atomic mass is 9.94. The van der Waals surface area contributed by atoms with Gasteiger partial charge in [-0.15, -0.1) is 24.0 Å². The molecule has 1 aliphatic heterocycles. The molecule has 1 aliphatic rings. The summed E-state index contributed by atoms with van der Waals surface area (Å²) in [5.41, 5.74) is 1.04. The van der Waals surface area contributed by atoms with Crippen molar-refractivity contribution in [3.63, 3.8) is 0 Å². The van der Waals surface area contributed by atoms with Crippen molar-refractivity contribution in [1.82, 2.24) is 20.6 Å². The van der Waals surface area contributed by atoms with Gasteiger partial charge in [-0.3, -0.25) is 0 Å². The van der Waals surface area contributed by atoms with Gasteiger partial charge in [-0.2, -0.15) is 0 Å². The summed E-state index contributed by atoms with van der Waals surface area (Å²) in [5.74, 6) is 4.17. The van der Waals surface area contributed by atoms with Gasteiger partial charge in [0.2, 0.25) is 5.89 Å². The molecule has 0 bridgehead atoms. The van der Waals surface area contributed by atoms with Crippen LogP contribution in [0, 0.1) is 5.92 Å². The van der Waals surface area contributed by atoms with Gasteiger partial charge in [-0.05, 0) is 37.3 Å². The van der Waals surface area contributed by atoms with E-state index < -0.39 is 0 Å². The molecule has 2 aromatic rings. The van der Waals surface area contributed by atoms with E-state index in [1.54, 1.807) is 6.20 Å². The quantitative estimate of drug-likeness (QED) is 0.320. The molecular formula is C23H37IN6O. The lowest BCUT2D eigenvalue weighted by molar-refractivity contribution is 0.379. The van der Waals surface area contributed by atoms with E-state index >= 15 is 0 Å². The predicted molar refractivity (Wildman–Crippen MR) is 137 cm³/mol. The van der Waals surface area contributed by atoms with Gasteiger partial charge in [-0.1, -0.05) is 33.8 Å². The molecule has 1 saturated heterocycles. The molecule has 8 heteroatoms. The van der Waals surface area contributed by atoms with E-state index in [0.29, 0.717) is 19.0 Å². The van der Waals surface area contributed by atoms with Gasteiger partial charge >= 0.3 is 0 Å². The molecule has 172 valence electrons. The van der Waals surface area contributed by atoms with Gasteiger partial charge in [0, 0.05) is 31.2 Å². The van der Waals surface area contributed by atoms with Crippen LogP contribution in [0.1, 0.15) is 64.7 Å². The third-order valence-corrected chi connectivity index (χ3v) is 5.38. The average molecular weight is 540 g/mol. The van der Waals surface area contributed by atoms with E-state index in [4.69, 9.17) is 4.42 Å². The number of rotatable bonds is 6. The Balaban J connectivity index is 0.00000341. The minimum Gasteiger partial charge on any atom is -0.443 e. The molecule has 0 saturated carbocycles. The first-order valence-corrected chi connectivity index (χ1v) is 11.0. The number of aromatic nitrogens is 2. The van der Waals surface area contributed by atoms with Crippen LogP contribution < -0.4 is 15.5 Å². The summed E-state index contributed by atoms with van der Waals surface area (Å²) in [6, 6.07) is 4.24. The molecule has 0 aliphatic carbocycles. The number of oxazole rings is 1. The molecule has 0 unspecified atom stereocenters. The molecule has 7 nitrogen and oxygen atoms in total. The molecule has 3 heterocycles. The molecule has 0 amide bonds. The number of nitrogens with zero attached hydrogens (tertiary/aromatic N) is 4. The Labute approximate surface area is 203 Å². The Morgan fingerprint density at radius 1 is 1.16 bits per heavy atom. The number of anilines is 1. The molecule has 0 spiro atoms. The summed E-state index contributed by atoms with van der Waals surface area (Å²) in [4.78, 5) is 16.1. The van der Waals surface area contributed by atoms with Gasteiger partial charge < -0.3 is 20.0 Å². The number of piperidine rings is 1. The van der Waals surface area contributed by atoms with Crippen LogP contribution in [0.2, 0.25) is 0 Å². The number of hydrogen-bond acceptors (Lipinski definition) is 5. The van der Waals surface area contributed by atoms with E-state index in [1.807, 2.05) is 6.20 Å². The molecular weight excluding hydrogens is 503 g/mol. The van der Waals surface area contributed by atoms with Crippen LogP contribution in [0.15, 0.2) is 33.9 Å². The van der Waals surface area contributed by atoms with Crippen LogP contribution in [-0.2, 0) is 18.5 Å². The van der Waals surface area contributed by atoms with E-state index in [2.05, 4.69) is 77.2 Å². The van der Waals surface area contributed by atoms with Crippen molar-refractivity contribution in [3.05, 3.63) is 41.7 Å². The molecule has 2 N–H and O–H groups in total. The van der Waals surface area contributed by atoms with Crippen molar-refractivity contribution < 1.29 is 4.42 Å². The first-order valence-electron chi connectivity index (χ1n) is 11.0. The summed E-state index contributed by atoms with van der Waals surface area (Å²) < 4.78 is 5.85. The third-order valence-electron chi connectivity index (χ3n) is 5.38. The van der Waals surface area contributed by atoms with Crippen molar-refractivity contribution >= 4 is 35.8 Å². The van der Waals surface area contributed by atoms with Gasteiger partial charge in [0.1, 0.15) is 11.6 Å². The number of hydrogen-bond donors (Lipinski definition) is 2. The monoisotopic (exact) mass is 540 g/mol. The lowest BCUT2D eigenvalue weighted by Gasteiger charge is -2.31. The number of aliphatic imine (C=N–C) groups is 1. The van der Waals surface area contributed by atoms with Crippen molar-refractivity contribution in [2.45, 2.75) is 66.0 Å². The standard InChI is InChI=1S/C23H36N6O.HI/c1-6-24-22(28-16-21-26-15-19(30-21)23(3,4)5)27-14-18-7-8-20(25-13-18)29-11-9-17(2)10-12-29;/h7-8,13,15,17H,6,9-12,14,16H2,1-5H3,(H2,24,27,28);1H. The lowest BCUT2D eigenvalue weighted by Crippen LogP contribution is -2.36. The topological polar surface area (TPSA) is 78.6 Å². The average Bonchev–Trinajstić information content (AvgIpc) is 3.21. The van der Waals surface area contributed by atoms with Crippen LogP contribution >= 0.6 is 24.0 Å². The van der Waals surface area contributed by atoms with Crippen molar-refractivity contribution in [2.24, 2.45) is 10.9 Å². The first kappa shape index (κ1) is 25.4. The predicted octanol–water partition coefficient (Wildman–Crippen LogP) is 4.48. The second kappa shape index (κ2) is 11.7. The fraction of sp³-hybridized carbons (Fsp3) is 0.609. The maximum Gasteiger partial charge on any atom is 0.213 e. The van der Waals surface area contributed by atoms with E-state index in [0.717, 1.165) is 48.7 Å². The van der Waals surface area contributed by atoms with E-state index in [1.165, 1.54) is 12.8 Å². The fourth-order valence-electron chi connectivity index (χ4n) is 3.35. The van der Waals surface area contributed by atoms with Crippen LogP contribution in [0.5, 0.6) is 0 Å². The van der Waals surface area contributed by atoms with Gasteiger partial charge in [0.05, 0.1) is 19.3 Å². The molecule has 31 heavy (non-hydrogen) atoms. The number of halogens is 1. The van der Waals surface area contributed by atoms with Crippen LogP contribution in [0.4, 0.5) is 5.82 Å². The SMILES string of the molecule is CCNC(=NCc1ccc(N2CCC(C)CC2)nc1)NCc1ncc(C(C)(C)C)o1.I. The molecule has 3 rings (SSSR count). The Hall–Kier alpha value is -1.84. The second-order valence-corrected chi connectivity index (χ2v) is 9.11. The highest BCUT2D eigenvalue weighted by atomic mass is 127. The maximum absolute atomic E-state index is 5.85. The minimum absolute atomic E-state index is 0. The van der Waals surface area contributed by atoms with Crippen LogP contribution in [-0.4, -0.2) is 35.6 Å². The minimum atomic E-state index is -0.0462. The largest absolute Gasteiger partial charge is 0.443 e. The van der Waals surface area contributed by atoms with Gasteiger partial charge in [-0.25, -0.2) is 15.0 Å².